The van der Waals surface area contributed by atoms with Crippen molar-refractivity contribution < 1.29 is 4.42 Å². The first kappa shape index (κ1) is 28.0. The summed E-state index contributed by atoms with van der Waals surface area (Å²) in [5.41, 5.74) is 12.3. The highest BCUT2D eigenvalue weighted by Gasteiger charge is 2.39. The summed E-state index contributed by atoms with van der Waals surface area (Å²) >= 11 is 0. The van der Waals surface area contributed by atoms with Gasteiger partial charge in [-0.15, -0.1) is 0 Å². The maximum absolute atomic E-state index is 6.95. The van der Waals surface area contributed by atoms with Gasteiger partial charge in [-0.05, 0) is 78.3 Å². The minimum atomic E-state index is 0.0681. The molecule has 0 atom stereocenters. The van der Waals surface area contributed by atoms with Crippen molar-refractivity contribution in [3.63, 3.8) is 0 Å². The molecule has 7 aromatic carbocycles. The molecule has 0 radical (unpaired) electrons. The zero-order chi connectivity index (χ0) is 31.9. The SMILES string of the molecule is c1ccc(B2c3ccc(N(c4ccccc4)c4ccccc4)cc3-c3oc4cc(N(c5ccccc5)c5ccccc5)ccc4c32)cc1. The third kappa shape index (κ3) is 4.78. The molecule has 4 heteroatoms. The first-order chi connectivity index (χ1) is 23.8. The van der Waals surface area contributed by atoms with Crippen LogP contribution in [0.15, 0.2) is 192 Å². The zero-order valence-corrected chi connectivity index (χ0v) is 26.3. The van der Waals surface area contributed by atoms with Crippen molar-refractivity contribution in [3.8, 4) is 11.3 Å². The standard InChI is InChI=1S/C44H31BN2O/c1-6-16-32(17-7-1)45-41-29-27-37(46(33-18-8-2-9-19-33)34-20-10-3-11-21-34)30-40(41)44-43(45)39-28-26-38(31-42(39)48-44)47(35-22-12-4-13-23-35)36-24-14-5-15-25-36/h1-31H. The van der Waals surface area contributed by atoms with Crippen molar-refractivity contribution in [2.75, 3.05) is 9.80 Å². The lowest BCUT2D eigenvalue weighted by atomic mass is 9.38. The van der Waals surface area contributed by atoms with Crippen LogP contribution >= 0.6 is 0 Å². The third-order valence-electron chi connectivity index (χ3n) is 9.30. The van der Waals surface area contributed by atoms with Gasteiger partial charge in [-0.2, -0.15) is 0 Å². The smallest absolute Gasteiger partial charge is 0.248 e. The Morgan fingerprint density at radius 1 is 0.396 bits per heavy atom. The van der Waals surface area contributed by atoms with Gasteiger partial charge in [0, 0.05) is 51.1 Å². The van der Waals surface area contributed by atoms with Gasteiger partial charge in [-0.25, -0.2) is 0 Å². The molecule has 0 saturated heterocycles. The van der Waals surface area contributed by atoms with E-state index in [0.717, 1.165) is 56.4 Å². The Morgan fingerprint density at radius 3 is 1.33 bits per heavy atom. The fourth-order valence-electron chi connectivity index (χ4n) is 7.21. The number of furan rings is 1. The molecular weight excluding hydrogens is 583 g/mol. The summed E-state index contributed by atoms with van der Waals surface area (Å²) < 4.78 is 6.95. The van der Waals surface area contributed by atoms with Gasteiger partial charge in [0.25, 0.3) is 0 Å². The monoisotopic (exact) mass is 614 g/mol. The first-order valence-corrected chi connectivity index (χ1v) is 16.4. The van der Waals surface area contributed by atoms with E-state index in [-0.39, 0.29) is 6.71 Å². The van der Waals surface area contributed by atoms with Crippen LogP contribution < -0.4 is 26.2 Å². The van der Waals surface area contributed by atoms with E-state index >= 15 is 0 Å². The van der Waals surface area contributed by atoms with Gasteiger partial charge in [0.1, 0.15) is 11.3 Å². The van der Waals surface area contributed by atoms with E-state index in [2.05, 4.69) is 198 Å². The van der Waals surface area contributed by atoms with Crippen molar-refractivity contribution >= 4 is 68.2 Å². The van der Waals surface area contributed by atoms with Crippen molar-refractivity contribution in [3.05, 3.63) is 188 Å². The summed E-state index contributed by atoms with van der Waals surface area (Å²) in [7, 11) is 0. The average Bonchev–Trinajstić information content (AvgIpc) is 3.68. The molecule has 1 aliphatic heterocycles. The van der Waals surface area contributed by atoms with E-state index in [4.69, 9.17) is 4.42 Å². The van der Waals surface area contributed by atoms with Gasteiger partial charge in [-0.3, -0.25) is 0 Å². The zero-order valence-electron chi connectivity index (χ0n) is 26.3. The summed E-state index contributed by atoms with van der Waals surface area (Å²) in [5.74, 6) is 0.944. The molecule has 0 fully saturated rings. The van der Waals surface area contributed by atoms with E-state index < -0.39 is 0 Å². The Labute approximate surface area is 281 Å². The van der Waals surface area contributed by atoms with Crippen LogP contribution in [0, 0.1) is 0 Å². The second kappa shape index (κ2) is 11.8. The number of hydrogen-bond donors (Lipinski definition) is 0. The summed E-state index contributed by atoms with van der Waals surface area (Å²) in [6, 6.07) is 66.5. The quantitative estimate of drug-likeness (QED) is 0.167. The molecule has 2 heterocycles. The molecule has 3 nitrogen and oxygen atoms in total. The number of benzene rings is 7. The van der Waals surface area contributed by atoms with Crippen molar-refractivity contribution in [2.45, 2.75) is 0 Å². The molecule has 0 bridgehead atoms. The molecule has 0 N–H and O–H groups in total. The highest BCUT2D eigenvalue weighted by Crippen LogP contribution is 2.40. The Kier molecular flexibility index (Phi) is 6.91. The van der Waals surface area contributed by atoms with Gasteiger partial charge in [0.15, 0.2) is 0 Å². The number of para-hydroxylation sites is 4. The number of fused-ring (bicyclic) bond motifs is 5. The Balaban J connectivity index is 1.23. The predicted molar refractivity (Wildman–Crippen MR) is 202 cm³/mol. The largest absolute Gasteiger partial charge is 0.457 e. The molecule has 0 spiro atoms. The summed E-state index contributed by atoms with van der Waals surface area (Å²) in [6.07, 6.45) is 0. The van der Waals surface area contributed by atoms with E-state index in [0.29, 0.717) is 0 Å². The molecule has 48 heavy (non-hydrogen) atoms. The summed E-state index contributed by atoms with van der Waals surface area (Å²) in [4.78, 5) is 4.60. The number of nitrogens with zero attached hydrogens (tertiary/aromatic N) is 2. The molecule has 9 rings (SSSR count). The highest BCUT2D eigenvalue weighted by molar-refractivity contribution is 7.00. The topological polar surface area (TPSA) is 19.6 Å². The fraction of sp³-hybridized carbons (Fsp3) is 0. The van der Waals surface area contributed by atoms with Gasteiger partial charge in [0.2, 0.25) is 6.71 Å². The van der Waals surface area contributed by atoms with Crippen LogP contribution in [0.5, 0.6) is 0 Å². The van der Waals surface area contributed by atoms with Crippen LogP contribution in [0.1, 0.15) is 0 Å². The summed E-state index contributed by atoms with van der Waals surface area (Å²) in [5, 5.41) is 1.14. The second-order valence-corrected chi connectivity index (χ2v) is 12.2. The minimum absolute atomic E-state index is 0.0681. The molecule has 226 valence electrons. The van der Waals surface area contributed by atoms with Gasteiger partial charge in [0.05, 0.1) is 0 Å². The molecule has 0 unspecified atom stereocenters. The van der Waals surface area contributed by atoms with Gasteiger partial charge in [-0.1, -0.05) is 120 Å². The lowest BCUT2D eigenvalue weighted by Gasteiger charge is -2.26. The predicted octanol–water partition coefficient (Wildman–Crippen LogP) is 9.87. The van der Waals surface area contributed by atoms with E-state index in [1.165, 1.54) is 16.4 Å². The maximum atomic E-state index is 6.95. The molecular formula is C44H31BN2O. The molecule has 8 aromatic rings. The first-order valence-electron chi connectivity index (χ1n) is 16.4. The lowest BCUT2D eigenvalue weighted by molar-refractivity contribution is 0.635. The van der Waals surface area contributed by atoms with Crippen LogP contribution in [-0.2, 0) is 0 Å². The Bertz CT molecular complexity index is 2260. The van der Waals surface area contributed by atoms with Crippen molar-refractivity contribution in [2.24, 2.45) is 0 Å². The average molecular weight is 615 g/mol. The van der Waals surface area contributed by atoms with Gasteiger partial charge < -0.3 is 14.2 Å². The highest BCUT2D eigenvalue weighted by atomic mass is 16.3. The second-order valence-electron chi connectivity index (χ2n) is 12.2. The number of rotatable bonds is 7. The van der Waals surface area contributed by atoms with Gasteiger partial charge >= 0.3 is 0 Å². The van der Waals surface area contributed by atoms with Crippen LogP contribution in [-0.4, -0.2) is 6.71 Å². The van der Waals surface area contributed by atoms with Crippen molar-refractivity contribution in [1.82, 2.24) is 0 Å². The Morgan fingerprint density at radius 2 is 0.833 bits per heavy atom. The number of anilines is 6. The molecule has 1 aromatic heterocycles. The fourth-order valence-corrected chi connectivity index (χ4v) is 7.21. The lowest BCUT2D eigenvalue weighted by Crippen LogP contribution is -2.48. The molecule has 1 aliphatic rings. The molecule has 0 saturated carbocycles. The van der Waals surface area contributed by atoms with E-state index in [1.54, 1.807) is 0 Å². The normalized spacial score (nSPS) is 11.7. The van der Waals surface area contributed by atoms with Crippen LogP contribution in [0.25, 0.3) is 22.3 Å². The van der Waals surface area contributed by atoms with Crippen LogP contribution in [0.4, 0.5) is 34.1 Å². The van der Waals surface area contributed by atoms with Crippen LogP contribution in [0.3, 0.4) is 0 Å². The minimum Gasteiger partial charge on any atom is -0.457 e. The number of hydrogen-bond acceptors (Lipinski definition) is 3. The Hall–Kier alpha value is -6.26. The third-order valence-corrected chi connectivity index (χ3v) is 9.30. The maximum Gasteiger partial charge on any atom is 0.248 e. The summed E-state index contributed by atoms with van der Waals surface area (Å²) in [6.45, 7) is 0.0681. The van der Waals surface area contributed by atoms with E-state index in [9.17, 15) is 0 Å². The van der Waals surface area contributed by atoms with Crippen LogP contribution in [0.2, 0.25) is 0 Å². The van der Waals surface area contributed by atoms with E-state index in [1.807, 2.05) is 0 Å². The van der Waals surface area contributed by atoms with Crippen molar-refractivity contribution in [1.29, 1.82) is 0 Å². The molecule has 0 aliphatic carbocycles. The molecule has 0 amide bonds.